The van der Waals surface area contributed by atoms with Gasteiger partial charge in [0.25, 0.3) is 0 Å². The summed E-state index contributed by atoms with van der Waals surface area (Å²) in [6.45, 7) is 0. The van der Waals surface area contributed by atoms with Crippen LogP contribution in [0.1, 0.15) is 76.8 Å². The highest BCUT2D eigenvalue weighted by Crippen LogP contribution is 2.25. The van der Waals surface area contributed by atoms with E-state index in [4.69, 9.17) is 32.7 Å². The number of carbonyl (C=O) groups excluding carboxylic acids is 4. The molecule has 2 N–H and O–H groups in total. The molecule has 0 aliphatic rings. The Morgan fingerprint density at radius 1 is 0.569 bits per heavy atom. The van der Waals surface area contributed by atoms with Gasteiger partial charge < -0.3 is 9.47 Å². The van der Waals surface area contributed by atoms with E-state index in [0.717, 1.165) is 28.2 Å². The van der Waals surface area contributed by atoms with Gasteiger partial charge in [-0.1, -0.05) is 74.3 Å². The van der Waals surface area contributed by atoms with Crippen LogP contribution in [0.2, 0.25) is 10.0 Å². The van der Waals surface area contributed by atoms with E-state index in [1.807, 2.05) is 0 Å². The van der Waals surface area contributed by atoms with Crippen molar-refractivity contribution >= 4 is 91.2 Å². The van der Waals surface area contributed by atoms with Crippen LogP contribution in [0.3, 0.4) is 0 Å². The monoisotopic (exact) mass is 856 g/mol. The van der Waals surface area contributed by atoms with Gasteiger partial charge in [-0.2, -0.15) is 10.2 Å². The number of ether oxygens (including phenoxy) is 2. The smallest absolute Gasteiger partial charge is 0.343 e. The summed E-state index contributed by atoms with van der Waals surface area (Å²) < 4.78 is 12.5. The van der Waals surface area contributed by atoms with Crippen LogP contribution in [0.4, 0.5) is 0 Å². The summed E-state index contributed by atoms with van der Waals surface area (Å²) in [6, 6.07) is 22.8. The maximum Gasteiger partial charge on any atom is 0.343 e. The van der Waals surface area contributed by atoms with Crippen LogP contribution in [0, 0.1) is 0 Å². The molecule has 14 heteroatoms. The Bertz CT molecular complexity index is 1770. The quantitative estimate of drug-likeness (QED) is 0.0379. The standard InChI is InChI=1S/C37H32Br2Cl2N4O6/c38-28-12-18-32(50-36(48)24-8-14-30(40)15-9-24)26(20-28)22-42-44-34(46)6-4-2-1-3-5-7-35(47)45-43-23-27-21-29(39)13-19-33(27)51-37(49)25-10-16-31(41)17-11-25/h8-23H,1-7H2,(H,44,46)(H,45,47)/b42-22+,43-23+. The number of hydrazone groups is 2. The van der Waals surface area contributed by atoms with Gasteiger partial charge in [-0.25, -0.2) is 20.4 Å². The van der Waals surface area contributed by atoms with E-state index in [9.17, 15) is 19.2 Å². The first kappa shape index (κ1) is 39.4. The minimum atomic E-state index is -0.551. The molecule has 0 spiro atoms. The molecular weight excluding hydrogens is 827 g/mol. The molecule has 0 heterocycles. The van der Waals surface area contributed by atoms with Gasteiger partial charge in [0.1, 0.15) is 11.5 Å². The molecule has 0 atom stereocenters. The molecule has 0 unspecified atom stereocenters. The van der Waals surface area contributed by atoms with E-state index in [0.29, 0.717) is 45.1 Å². The third kappa shape index (κ3) is 13.7. The van der Waals surface area contributed by atoms with Crippen molar-refractivity contribution in [3.8, 4) is 11.5 Å². The largest absolute Gasteiger partial charge is 0.422 e. The lowest BCUT2D eigenvalue weighted by Crippen LogP contribution is -2.17. The van der Waals surface area contributed by atoms with Gasteiger partial charge in [0, 0.05) is 43.0 Å². The molecule has 2 amide bonds. The highest BCUT2D eigenvalue weighted by atomic mass is 79.9. The van der Waals surface area contributed by atoms with E-state index in [-0.39, 0.29) is 36.2 Å². The summed E-state index contributed by atoms with van der Waals surface area (Å²) in [7, 11) is 0. The number of hydrogen-bond donors (Lipinski definition) is 2. The molecule has 0 radical (unpaired) electrons. The lowest BCUT2D eigenvalue weighted by atomic mass is 10.1. The highest BCUT2D eigenvalue weighted by molar-refractivity contribution is 9.10. The van der Waals surface area contributed by atoms with E-state index < -0.39 is 11.9 Å². The molecule has 0 bridgehead atoms. The molecule has 4 aromatic carbocycles. The topological polar surface area (TPSA) is 136 Å². The van der Waals surface area contributed by atoms with Crippen LogP contribution in [0.5, 0.6) is 11.5 Å². The molecule has 0 saturated heterocycles. The number of nitrogens with zero attached hydrogens (tertiary/aromatic N) is 2. The molecule has 4 rings (SSSR count). The lowest BCUT2D eigenvalue weighted by molar-refractivity contribution is -0.121. The average molecular weight is 859 g/mol. The van der Waals surface area contributed by atoms with Gasteiger partial charge in [0.2, 0.25) is 11.8 Å². The van der Waals surface area contributed by atoms with Gasteiger partial charge in [-0.05, 0) is 97.8 Å². The lowest BCUT2D eigenvalue weighted by Gasteiger charge is -2.08. The van der Waals surface area contributed by atoms with Crippen LogP contribution < -0.4 is 20.3 Å². The maximum atomic E-state index is 12.5. The van der Waals surface area contributed by atoms with Gasteiger partial charge in [0.15, 0.2) is 0 Å². The molecule has 4 aromatic rings. The number of unbranched alkanes of at least 4 members (excludes halogenated alkanes) is 4. The fourth-order valence-electron chi connectivity index (χ4n) is 4.48. The zero-order chi connectivity index (χ0) is 36.6. The van der Waals surface area contributed by atoms with Crippen molar-refractivity contribution in [2.45, 2.75) is 44.9 Å². The van der Waals surface area contributed by atoms with E-state index in [1.54, 1.807) is 84.9 Å². The number of benzene rings is 4. The highest BCUT2D eigenvalue weighted by Gasteiger charge is 2.13. The van der Waals surface area contributed by atoms with Gasteiger partial charge in [0.05, 0.1) is 23.6 Å². The Morgan fingerprint density at radius 3 is 1.33 bits per heavy atom. The second kappa shape index (κ2) is 20.5. The zero-order valence-electron chi connectivity index (χ0n) is 27.0. The van der Waals surface area contributed by atoms with Crippen molar-refractivity contribution in [2.24, 2.45) is 10.2 Å². The van der Waals surface area contributed by atoms with Crippen LogP contribution >= 0.6 is 55.1 Å². The van der Waals surface area contributed by atoms with Gasteiger partial charge in [-0.15, -0.1) is 0 Å². The second-order valence-electron chi connectivity index (χ2n) is 11.0. The number of amides is 2. The number of nitrogens with one attached hydrogen (secondary N) is 2. The van der Waals surface area contributed by atoms with Crippen molar-refractivity contribution in [3.63, 3.8) is 0 Å². The minimum Gasteiger partial charge on any atom is -0.422 e. The summed E-state index contributed by atoms with van der Waals surface area (Å²) in [5.41, 5.74) is 6.69. The molecule has 0 aromatic heterocycles. The van der Waals surface area contributed by atoms with Crippen LogP contribution in [0.15, 0.2) is 104 Å². The molecule has 0 fully saturated rings. The van der Waals surface area contributed by atoms with Crippen LogP contribution in [-0.4, -0.2) is 36.2 Å². The molecule has 51 heavy (non-hydrogen) atoms. The Labute approximate surface area is 321 Å². The van der Waals surface area contributed by atoms with Gasteiger partial charge >= 0.3 is 11.9 Å². The minimum absolute atomic E-state index is 0.244. The third-order valence-electron chi connectivity index (χ3n) is 7.10. The number of hydrogen-bond acceptors (Lipinski definition) is 8. The Hall–Kier alpha value is -4.36. The second-order valence-corrected chi connectivity index (χ2v) is 13.7. The third-order valence-corrected chi connectivity index (χ3v) is 8.59. The van der Waals surface area contributed by atoms with E-state index in [2.05, 4.69) is 52.9 Å². The van der Waals surface area contributed by atoms with Crippen molar-refractivity contribution in [2.75, 3.05) is 0 Å². The molecule has 0 aliphatic carbocycles. The summed E-state index contributed by atoms with van der Waals surface area (Å²) >= 11 is 18.6. The molecule has 0 saturated carbocycles. The normalized spacial score (nSPS) is 11.1. The summed E-state index contributed by atoms with van der Waals surface area (Å²) in [5, 5.41) is 9.07. The number of halogens is 4. The molecular formula is C37H32Br2Cl2N4O6. The van der Waals surface area contributed by atoms with Crippen molar-refractivity contribution < 1.29 is 28.7 Å². The van der Waals surface area contributed by atoms with Crippen molar-refractivity contribution in [1.82, 2.24) is 10.9 Å². The Balaban J connectivity index is 1.11. The van der Waals surface area contributed by atoms with Crippen molar-refractivity contribution in [3.05, 3.63) is 126 Å². The molecule has 10 nitrogen and oxygen atoms in total. The fourth-order valence-corrected chi connectivity index (χ4v) is 5.49. The maximum absolute atomic E-state index is 12.5. The van der Waals surface area contributed by atoms with E-state index >= 15 is 0 Å². The number of carbonyl (C=O) groups is 4. The first-order chi connectivity index (χ1) is 24.6. The fraction of sp³-hybridized carbons (Fsp3) is 0.189. The molecule has 264 valence electrons. The zero-order valence-corrected chi connectivity index (χ0v) is 31.7. The summed E-state index contributed by atoms with van der Waals surface area (Å²) in [6.07, 6.45) is 7.21. The number of rotatable bonds is 16. The van der Waals surface area contributed by atoms with Crippen LogP contribution in [-0.2, 0) is 9.59 Å². The summed E-state index contributed by atoms with van der Waals surface area (Å²) in [5.74, 6) is -1.03. The molecule has 0 aliphatic heterocycles. The Kier molecular flexibility index (Phi) is 15.8. The summed E-state index contributed by atoms with van der Waals surface area (Å²) in [4.78, 5) is 49.7. The predicted octanol–water partition coefficient (Wildman–Crippen LogP) is 9.29. The average Bonchev–Trinajstić information content (AvgIpc) is 3.10. The van der Waals surface area contributed by atoms with E-state index in [1.165, 1.54) is 12.4 Å². The predicted molar refractivity (Wildman–Crippen MR) is 205 cm³/mol. The van der Waals surface area contributed by atoms with Crippen molar-refractivity contribution in [1.29, 1.82) is 0 Å². The van der Waals surface area contributed by atoms with Gasteiger partial charge in [-0.3, -0.25) is 9.59 Å². The first-order valence-electron chi connectivity index (χ1n) is 15.8. The SMILES string of the molecule is O=C(CCCCCCCC(=O)N/N=C/c1cc(Br)ccc1OC(=O)c1ccc(Cl)cc1)N/N=C/c1cc(Br)ccc1OC(=O)c1ccc(Cl)cc1. The van der Waals surface area contributed by atoms with Crippen LogP contribution in [0.25, 0.3) is 0 Å². The number of esters is 2. The Morgan fingerprint density at radius 2 is 0.941 bits per heavy atom. The first-order valence-corrected chi connectivity index (χ1v) is 18.1.